The molecule has 0 aliphatic rings. The van der Waals surface area contributed by atoms with Crippen LogP contribution in [0.1, 0.15) is 11.1 Å². The van der Waals surface area contributed by atoms with Crippen molar-refractivity contribution >= 4 is 34.7 Å². The van der Waals surface area contributed by atoms with E-state index in [9.17, 15) is 9.65 Å². The van der Waals surface area contributed by atoms with Crippen LogP contribution in [0.25, 0.3) is 10.9 Å². The fraction of sp³-hybridized carbons (Fsp3) is 0.0588. The number of pyridine rings is 1. The van der Waals surface area contributed by atoms with Crippen molar-refractivity contribution < 1.29 is 4.39 Å². The van der Waals surface area contributed by atoms with Crippen molar-refractivity contribution in [3.63, 3.8) is 0 Å². The average Bonchev–Trinajstić information content (AvgIpc) is 2.50. The average molecular weight is 314 g/mol. The smallest absolute Gasteiger partial charge is 0.123 e. The Bertz CT molecular complexity index is 871. The van der Waals surface area contributed by atoms with E-state index in [4.69, 9.17) is 0 Å². The van der Waals surface area contributed by atoms with Gasteiger partial charge in [-0.25, -0.2) is 4.39 Å². The van der Waals surface area contributed by atoms with Gasteiger partial charge in [0.25, 0.3) is 0 Å². The molecule has 110 valence electrons. The number of benzene rings is 2. The van der Waals surface area contributed by atoms with Gasteiger partial charge in [-0.05, 0) is 36.8 Å². The number of hydrogen-bond acceptors (Lipinski definition) is 3. The Morgan fingerprint density at radius 2 is 1.95 bits per heavy atom. The summed E-state index contributed by atoms with van der Waals surface area (Å²) in [6.07, 6.45) is 1.55. The molecule has 1 heterocycles. The number of fused-ring (bicyclic) bond motifs is 1. The van der Waals surface area contributed by atoms with E-state index in [1.54, 1.807) is 12.3 Å². The second-order valence-electron chi connectivity index (χ2n) is 4.76. The predicted molar refractivity (Wildman–Crippen MR) is 88.1 cm³/mol. The minimum absolute atomic E-state index is 0. The first-order valence-electron chi connectivity index (χ1n) is 6.50. The van der Waals surface area contributed by atoms with Crippen molar-refractivity contribution in [2.24, 2.45) is 0 Å². The van der Waals surface area contributed by atoms with Crippen molar-refractivity contribution in [2.45, 2.75) is 6.92 Å². The molecule has 0 aliphatic carbocycles. The molecule has 1 N–H and O–H groups in total. The molecule has 0 saturated carbocycles. The maximum absolute atomic E-state index is 13.2. The van der Waals surface area contributed by atoms with E-state index in [0.29, 0.717) is 11.3 Å². The van der Waals surface area contributed by atoms with E-state index < -0.39 is 0 Å². The van der Waals surface area contributed by atoms with Crippen molar-refractivity contribution in [3.8, 4) is 6.07 Å². The zero-order valence-corrected chi connectivity index (χ0v) is 12.6. The molecule has 0 radical (unpaired) electrons. The first-order valence-corrected chi connectivity index (χ1v) is 6.50. The molecule has 0 saturated heterocycles. The lowest BCUT2D eigenvalue weighted by Gasteiger charge is -2.13. The number of hydrogen-bond donors (Lipinski definition) is 1. The number of anilines is 2. The van der Waals surface area contributed by atoms with Crippen LogP contribution in [0.15, 0.2) is 48.7 Å². The third-order valence-corrected chi connectivity index (χ3v) is 3.34. The molecule has 22 heavy (non-hydrogen) atoms. The molecule has 0 spiro atoms. The first kappa shape index (κ1) is 15.7. The number of nitrogens with zero attached hydrogens (tertiary/aromatic N) is 2. The molecule has 0 fully saturated rings. The maximum atomic E-state index is 13.2. The number of halogens is 2. The maximum Gasteiger partial charge on any atom is 0.123 e. The Labute approximate surface area is 133 Å². The van der Waals surface area contributed by atoms with Gasteiger partial charge in [-0.3, -0.25) is 4.98 Å². The molecule has 3 aromatic rings. The fourth-order valence-corrected chi connectivity index (χ4v) is 2.26. The summed E-state index contributed by atoms with van der Waals surface area (Å²) in [5.74, 6) is -0.279. The summed E-state index contributed by atoms with van der Waals surface area (Å²) in [5.41, 5.74) is 3.50. The van der Waals surface area contributed by atoms with E-state index in [-0.39, 0.29) is 18.2 Å². The summed E-state index contributed by atoms with van der Waals surface area (Å²) in [7, 11) is 0. The molecule has 0 atom stereocenters. The van der Waals surface area contributed by atoms with Gasteiger partial charge in [-0.1, -0.05) is 18.2 Å². The van der Waals surface area contributed by atoms with Crippen LogP contribution in [0.4, 0.5) is 15.8 Å². The summed E-state index contributed by atoms with van der Waals surface area (Å²) < 4.78 is 13.2. The quantitative estimate of drug-likeness (QED) is 0.744. The second-order valence-corrected chi connectivity index (χ2v) is 4.76. The van der Waals surface area contributed by atoms with Crippen LogP contribution in [0.5, 0.6) is 0 Å². The zero-order chi connectivity index (χ0) is 14.8. The third kappa shape index (κ3) is 2.85. The third-order valence-electron chi connectivity index (χ3n) is 3.34. The number of aryl methyl sites for hydroxylation is 1. The molecule has 1 aromatic heterocycles. The van der Waals surface area contributed by atoms with Gasteiger partial charge in [-0.15, -0.1) is 12.4 Å². The van der Waals surface area contributed by atoms with Crippen molar-refractivity contribution in [1.29, 1.82) is 5.26 Å². The highest BCUT2D eigenvalue weighted by atomic mass is 35.5. The fourth-order valence-electron chi connectivity index (χ4n) is 2.26. The van der Waals surface area contributed by atoms with E-state index in [2.05, 4.69) is 16.4 Å². The normalized spacial score (nSPS) is 9.86. The lowest BCUT2D eigenvalue weighted by molar-refractivity contribution is 0.627. The summed E-state index contributed by atoms with van der Waals surface area (Å²) in [5, 5.41) is 13.4. The molecular formula is C17H13ClFN3. The molecule has 2 aromatic carbocycles. The lowest BCUT2D eigenvalue weighted by Crippen LogP contribution is -1.98. The molecule has 0 unspecified atom stereocenters. The number of aromatic nitrogens is 1. The Balaban J connectivity index is 0.00000176. The minimum Gasteiger partial charge on any atom is -0.354 e. The molecule has 3 rings (SSSR count). The van der Waals surface area contributed by atoms with Gasteiger partial charge in [-0.2, -0.15) is 5.26 Å². The predicted octanol–water partition coefficient (Wildman–Crippen LogP) is 4.72. The van der Waals surface area contributed by atoms with Crippen LogP contribution in [0, 0.1) is 24.1 Å². The number of para-hydroxylation sites is 1. The number of nitrogens with one attached hydrogen (secondary N) is 1. The summed E-state index contributed by atoms with van der Waals surface area (Å²) in [4.78, 5) is 4.27. The van der Waals surface area contributed by atoms with Crippen LogP contribution in [-0.2, 0) is 0 Å². The summed E-state index contributed by atoms with van der Waals surface area (Å²) in [6, 6.07) is 14.2. The van der Waals surface area contributed by atoms with Gasteiger partial charge in [0, 0.05) is 17.3 Å². The molecule has 5 heteroatoms. The monoisotopic (exact) mass is 313 g/mol. The molecule has 0 amide bonds. The van der Waals surface area contributed by atoms with Gasteiger partial charge in [0.15, 0.2) is 0 Å². The highest BCUT2D eigenvalue weighted by molar-refractivity contribution is 5.95. The minimum atomic E-state index is -0.279. The summed E-state index contributed by atoms with van der Waals surface area (Å²) in [6.45, 7) is 1.82. The van der Waals surface area contributed by atoms with Gasteiger partial charge in [0.05, 0.1) is 16.8 Å². The van der Waals surface area contributed by atoms with Gasteiger partial charge in [0.1, 0.15) is 11.9 Å². The molecule has 3 nitrogen and oxygen atoms in total. The van der Waals surface area contributed by atoms with E-state index in [1.807, 2.05) is 31.2 Å². The van der Waals surface area contributed by atoms with E-state index >= 15 is 0 Å². The van der Waals surface area contributed by atoms with E-state index in [0.717, 1.165) is 22.2 Å². The number of nitriles is 1. The van der Waals surface area contributed by atoms with Gasteiger partial charge in [0.2, 0.25) is 0 Å². The summed E-state index contributed by atoms with van der Waals surface area (Å²) >= 11 is 0. The largest absolute Gasteiger partial charge is 0.354 e. The van der Waals surface area contributed by atoms with Gasteiger partial charge < -0.3 is 5.32 Å². The molecule has 0 aliphatic heterocycles. The van der Waals surface area contributed by atoms with Gasteiger partial charge >= 0.3 is 0 Å². The Morgan fingerprint density at radius 1 is 1.18 bits per heavy atom. The number of rotatable bonds is 2. The topological polar surface area (TPSA) is 48.7 Å². The highest BCUT2D eigenvalue weighted by Gasteiger charge is 2.10. The Morgan fingerprint density at radius 3 is 2.68 bits per heavy atom. The van der Waals surface area contributed by atoms with Crippen LogP contribution >= 0.6 is 12.4 Å². The molecule has 0 bridgehead atoms. The van der Waals surface area contributed by atoms with Crippen molar-refractivity contribution in [3.05, 3.63) is 65.6 Å². The SMILES string of the molecule is Cc1cc(F)ccc1Nc1c(C#N)cnc2ccccc12.Cl. The van der Waals surface area contributed by atoms with Crippen molar-refractivity contribution in [2.75, 3.05) is 5.32 Å². The Hall–Kier alpha value is -2.64. The standard InChI is InChI=1S/C17H12FN3.ClH/c1-11-8-13(18)6-7-15(11)21-17-12(9-19)10-20-16-5-3-2-4-14(16)17;/h2-8,10H,1H3,(H,20,21);1H. The lowest BCUT2D eigenvalue weighted by atomic mass is 10.1. The van der Waals surface area contributed by atoms with Crippen LogP contribution < -0.4 is 5.32 Å². The van der Waals surface area contributed by atoms with Crippen molar-refractivity contribution in [1.82, 2.24) is 4.98 Å². The van der Waals surface area contributed by atoms with Crippen LogP contribution in [0.3, 0.4) is 0 Å². The van der Waals surface area contributed by atoms with Crippen LogP contribution in [0.2, 0.25) is 0 Å². The van der Waals surface area contributed by atoms with Crippen LogP contribution in [-0.4, -0.2) is 4.98 Å². The second kappa shape index (κ2) is 6.42. The highest BCUT2D eigenvalue weighted by Crippen LogP contribution is 2.30. The Kier molecular flexibility index (Phi) is 4.59. The molecular weight excluding hydrogens is 301 g/mol. The first-order chi connectivity index (χ1) is 10.2. The zero-order valence-electron chi connectivity index (χ0n) is 11.8. The van der Waals surface area contributed by atoms with E-state index in [1.165, 1.54) is 12.1 Å².